The molecule has 30 heavy (non-hydrogen) atoms. The van der Waals surface area contributed by atoms with E-state index in [1.54, 1.807) is 42.8 Å². The average molecular weight is 399 g/mol. The fourth-order valence-corrected chi connectivity index (χ4v) is 3.39. The van der Waals surface area contributed by atoms with Gasteiger partial charge in [0.25, 0.3) is 5.56 Å². The van der Waals surface area contributed by atoms with Crippen molar-refractivity contribution in [3.05, 3.63) is 83.0 Å². The molecule has 0 unspecified atom stereocenters. The zero-order valence-corrected chi connectivity index (χ0v) is 16.1. The Morgan fingerprint density at radius 1 is 1.10 bits per heavy atom. The van der Waals surface area contributed by atoms with Crippen LogP contribution in [0.1, 0.15) is 5.56 Å². The van der Waals surface area contributed by atoms with Gasteiger partial charge in [-0.3, -0.25) is 14.2 Å². The van der Waals surface area contributed by atoms with Crippen LogP contribution in [-0.2, 0) is 11.3 Å². The first-order chi connectivity index (χ1) is 14.6. The van der Waals surface area contributed by atoms with Crippen molar-refractivity contribution in [3.8, 4) is 11.5 Å². The Morgan fingerprint density at radius 2 is 1.93 bits per heavy atom. The number of carbonyl (C=O) groups is 1. The highest BCUT2D eigenvalue weighted by Gasteiger charge is 2.18. The van der Waals surface area contributed by atoms with Gasteiger partial charge in [-0.05, 0) is 43.3 Å². The van der Waals surface area contributed by atoms with Crippen LogP contribution in [0.25, 0.3) is 28.1 Å². The highest BCUT2D eigenvalue weighted by Crippen LogP contribution is 2.21. The summed E-state index contributed by atoms with van der Waals surface area (Å²) in [7, 11) is 0. The van der Waals surface area contributed by atoms with Crippen LogP contribution in [0.2, 0.25) is 0 Å². The largest absolute Gasteiger partial charge is 0.463 e. The molecule has 8 heteroatoms. The van der Waals surface area contributed by atoms with Gasteiger partial charge >= 0.3 is 0 Å². The minimum atomic E-state index is -0.333. The van der Waals surface area contributed by atoms with E-state index >= 15 is 0 Å². The molecule has 4 heterocycles. The molecule has 4 aromatic heterocycles. The molecule has 0 aliphatic rings. The van der Waals surface area contributed by atoms with Gasteiger partial charge in [-0.25, -0.2) is 9.50 Å². The third-order valence-electron chi connectivity index (χ3n) is 4.84. The molecule has 148 valence electrons. The van der Waals surface area contributed by atoms with Crippen LogP contribution in [0, 0.1) is 6.92 Å². The van der Waals surface area contributed by atoms with E-state index in [-0.39, 0.29) is 18.0 Å². The molecule has 5 rings (SSSR count). The van der Waals surface area contributed by atoms with Gasteiger partial charge < -0.3 is 9.73 Å². The Labute approximate surface area is 170 Å². The van der Waals surface area contributed by atoms with E-state index in [1.807, 2.05) is 31.2 Å². The molecular weight excluding hydrogens is 382 g/mol. The summed E-state index contributed by atoms with van der Waals surface area (Å²) in [6.45, 7) is 1.83. The topological polar surface area (TPSA) is 94.4 Å². The fourth-order valence-electron chi connectivity index (χ4n) is 3.39. The fraction of sp³-hybridized carbons (Fsp3) is 0.0909. The van der Waals surface area contributed by atoms with Gasteiger partial charge in [0.05, 0.1) is 11.8 Å². The Kier molecular flexibility index (Phi) is 4.17. The maximum atomic E-state index is 13.2. The third-order valence-corrected chi connectivity index (χ3v) is 4.84. The summed E-state index contributed by atoms with van der Waals surface area (Å²) in [5, 5.41) is 7.32. The standard InChI is InChI=1S/C22H17N5O3/c1-14-6-8-15(9-7-14)24-20(28)13-26-17-4-2-10-23-21(17)27-18(22(26)29)12-16(25-27)19-5-3-11-30-19/h2-12H,13H2,1H3,(H,24,28). The molecule has 0 saturated heterocycles. The van der Waals surface area contributed by atoms with Crippen LogP contribution in [0.15, 0.2) is 76.3 Å². The number of amides is 1. The maximum absolute atomic E-state index is 13.2. The molecule has 1 N–H and O–H groups in total. The number of fused-ring (bicyclic) bond motifs is 3. The van der Waals surface area contributed by atoms with Gasteiger partial charge in [-0.1, -0.05) is 17.7 Å². The van der Waals surface area contributed by atoms with Crippen LogP contribution in [-0.4, -0.2) is 25.1 Å². The summed E-state index contributed by atoms with van der Waals surface area (Å²) in [6.07, 6.45) is 3.17. The summed E-state index contributed by atoms with van der Waals surface area (Å²) >= 11 is 0. The number of benzene rings is 1. The van der Waals surface area contributed by atoms with Crippen molar-refractivity contribution in [1.82, 2.24) is 19.2 Å². The van der Waals surface area contributed by atoms with Crippen LogP contribution in [0.5, 0.6) is 0 Å². The van der Waals surface area contributed by atoms with Crippen molar-refractivity contribution in [2.75, 3.05) is 5.32 Å². The number of aryl methyl sites for hydroxylation is 1. The zero-order chi connectivity index (χ0) is 20.7. The second-order valence-electron chi connectivity index (χ2n) is 6.96. The zero-order valence-electron chi connectivity index (χ0n) is 16.1. The number of nitrogens with zero attached hydrogens (tertiary/aromatic N) is 4. The van der Waals surface area contributed by atoms with Crippen molar-refractivity contribution < 1.29 is 9.21 Å². The Balaban J connectivity index is 1.60. The van der Waals surface area contributed by atoms with Crippen LogP contribution in [0.4, 0.5) is 5.69 Å². The maximum Gasteiger partial charge on any atom is 0.277 e. The van der Waals surface area contributed by atoms with Crippen molar-refractivity contribution in [2.24, 2.45) is 0 Å². The summed E-state index contributed by atoms with van der Waals surface area (Å²) < 4.78 is 8.30. The molecule has 1 aromatic carbocycles. The highest BCUT2D eigenvalue weighted by molar-refractivity contribution is 5.91. The third kappa shape index (κ3) is 3.04. The summed E-state index contributed by atoms with van der Waals surface area (Å²) in [5.74, 6) is 0.243. The minimum Gasteiger partial charge on any atom is -0.463 e. The lowest BCUT2D eigenvalue weighted by Gasteiger charge is -2.11. The number of nitrogens with one attached hydrogen (secondary N) is 1. The van der Waals surface area contributed by atoms with Crippen molar-refractivity contribution in [1.29, 1.82) is 0 Å². The number of carbonyl (C=O) groups excluding carboxylic acids is 1. The lowest BCUT2D eigenvalue weighted by Crippen LogP contribution is -2.29. The second-order valence-corrected chi connectivity index (χ2v) is 6.96. The van der Waals surface area contributed by atoms with Gasteiger partial charge in [0.15, 0.2) is 11.4 Å². The molecule has 0 aliphatic heterocycles. The summed E-state index contributed by atoms with van der Waals surface area (Å²) in [5.41, 5.74) is 3.27. The number of aromatic nitrogens is 4. The van der Waals surface area contributed by atoms with Crippen LogP contribution >= 0.6 is 0 Å². The van der Waals surface area contributed by atoms with Gasteiger partial charge in [-0.2, -0.15) is 5.10 Å². The average Bonchev–Trinajstić information content (AvgIpc) is 3.43. The predicted molar refractivity (Wildman–Crippen MR) is 112 cm³/mol. The first-order valence-electron chi connectivity index (χ1n) is 9.38. The quantitative estimate of drug-likeness (QED) is 0.501. The molecule has 0 saturated carbocycles. The van der Waals surface area contributed by atoms with Gasteiger partial charge in [0.2, 0.25) is 5.91 Å². The molecule has 0 bridgehead atoms. The van der Waals surface area contributed by atoms with Crippen molar-refractivity contribution in [3.63, 3.8) is 0 Å². The molecule has 0 fully saturated rings. The number of hydrogen-bond acceptors (Lipinski definition) is 5. The van der Waals surface area contributed by atoms with Crippen LogP contribution in [0.3, 0.4) is 0 Å². The van der Waals surface area contributed by atoms with Crippen molar-refractivity contribution >= 4 is 28.3 Å². The van der Waals surface area contributed by atoms with E-state index in [1.165, 1.54) is 9.08 Å². The molecule has 5 aromatic rings. The number of hydrogen-bond donors (Lipinski definition) is 1. The second kappa shape index (κ2) is 7.00. The lowest BCUT2D eigenvalue weighted by atomic mass is 10.2. The molecule has 0 atom stereocenters. The van der Waals surface area contributed by atoms with Gasteiger partial charge in [-0.15, -0.1) is 0 Å². The van der Waals surface area contributed by atoms with E-state index in [9.17, 15) is 9.59 Å². The van der Waals surface area contributed by atoms with Gasteiger partial charge in [0.1, 0.15) is 17.8 Å². The SMILES string of the molecule is Cc1ccc(NC(=O)Cn2c(=O)c3cc(-c4ccco4)nn3c3ncccc32)cc1. The van der Waals surface area contributed by atoms with Gasteiger partial charge in [0, 0.05) is 18.0 Å². The number of furan rings is 1. The molecule has 0 spiro atoms. The van der Waals surface area contributed by atoms with Crippen LogP contribution < -0.4 is 10.9 Å². The highest BCUT2D eigenvalue weighted by atomic mass is 16.3. The number of anilines is 1. The Bertz CT molecular complexity index is 1430. The summed E-state index contributed by atoms with van der Waals surface area (Å²) in [4.78, 5) is 30.3. The normalized spacial score (nSPS) is 11.2. The monoisotopic (exact) mass is 399 g/mol. The smallest absolute Gasteiger partial charge is 0.277 e. The van der Waals surface area contributed by atoms with Crippen molar-refractivity contribution in [2.45, 2.75) is 13.5 Å². The van der Waals surface area contributed by atoms with E-state index in [0.717, 1.165) is 5.56 Å². The summed E-state index contributed by atoms with van der Waals surface area (Å²) in [6, 6.07) is 16.1. The molecular formula is C22H17N5O3. The minimum absolute atomic E-state index is 0.146. The van der Waals surface area contributed by atoms with E-state index in [0.29, 0.717) is 33.8 Å². The molecule has 0 radical (unpaired) electrons. The Hall–Kier alpha value is -4.20. The Morgan fingerprint density at radius 3 is 2.70 bits per heavy atom. The number of pyridine rings is 1. The predicted octanol–water partition coefficient (Wildman–Crippen LogP) is 3.25. The first-order valence-corrected chi connectivity index (χ1v) is 9.38. The lowest BCUT2D eigenvalue weighted by molar-refractivity contribution is -0.116. The van der Waals surface area contributed by atoms with E-state index < -0.39 is 0 Å². The molecule has 1 amide bonds. The van der Waals surface area contributed by atoms with E-state index in [4.69, 9.17) is 4.42 Å². The first kappa shape index (κ1) is 17.9. The number of rotatable bonds is 4. The van der Waals surface area contributed by atoms with E-state index in [2.05, 4.69) is 15.4 Å². The molecule has 8 nitrogen and oxygen atoms in total. The molecule has 0 aliphatic carbocycles.